The van der Waals surface area contributed by atoms with Gasteiger partial charge in [0.2, 0.25) is 0 Å². The number of rotatable bonds is 2. The molecule has 3 nitrogen and oxygen atoms in total. The molecule has 21 heavy (non-hydrogen) atoms. The van der Waals surface area contributed by atoms with E-state index in [1.165, 1.54) is 5.56 Å². The molecule has 0 aliphatic rings. The van der Waals surface area contributed by atoms with Gasteiger partial charge < -0.3 is 4.98 Å². The van der Waals surface area contributed by atoms with Crippen LogP contribution in [0, 0.1) is 10.5 Å². The minimum absolute atomic E-state index is 0.0924. The van der Waals surface area contributed by atoms with Crippen molar-refractivity contribution in [3.63, 3.8) is 0 Å². The highest BCUT2D eigenvalue weighted by Gasteiger charge is 2.07. The van der Waals surface area contributed by atoms with E-state index in [1.54, 1.807) is 0 Å². The minimum Gasteiger partial charge on any atom is -0.306 e. The quantitative estimate of drug-likeness (QED) is 0.675. The smallest absolute Gasteiger partial charge is 0.264 e. The van der Waals surface area contributed by atoms with Gasteiger partial charge in [0.1, 0.15) is 5.82 Å². The molecule has 4 heteroatoms. The summed E-state index contributed by atoms with van der Waals surface area (Å²) in [4.78, 5) is 19.1. The number of benzene rings is 2. The topological polar surface area (TPSA) is 45.8 Å². The van der Waals surface area contributed by atoms with Crippen LogP contribution in [0.3, 0.4) is 0 Å². The Labute approximate surface area is 136 Å². The highest BCUT2D eigenvalue weighted by atomic mass is 127. The van der Waals surface area contributed by atoms with Crippen LogP contribution in [0.25, 0.3) is 22.5 Å². The fourth-order valence-corrected chi connectivity index (χ4v) is 2.41. The molecule has 0 spiro atoms. The third-order valence-corrected chi connectivity index (χ3v) is 4.56. The molecule has 0 saturated heterocycles. The molecule has 3 aromatic rings. The molecule has 0 amide bonds. The molecule has 1 heterocycles. The molecule has 3 rings (SSSR count). The van der Waals surface area contributed by atoms with Gasteiger partial charge in [-0.15, -0.1) is 0 Å². The molecule has 0 aliphatic carbocycles. The fraction of sp³-hybridized carbons (Fsp3) is 0.0588. The van der Waals surface area contributed by atoms with E-state index in [4.69, 9.17) is 0 Å². The summed E-state index contributed by atoms with van der Waals surface area (Å²) in [6, 6.07) is 18.2. The first-order valence-electron chi connectivity index (χ1n) is 6.57. The van der Waals surface area contributed by atoms with Crippen LogP contribution in [-0.2, 0) is 0 Å². The fourth-order valence-electron chi connectivity index (χ4n) is 2.16. The highest BCUT2D eigenvalue weighted by molar-refractivity contribution is 14.1. The number of hydrogen-bond donors (Lipinski definition) is 1. The molecular weight excluding hydrogens is 375 g/mol. The summed E-state index contributed by atoms with van der Waals surface area (Å²) < 4.78 is 0.636. The van der Waals surface area contributed by atoms with Gasteiger partial charge in [-0.3, -0.25) is 4.79 Å². The summed E-state index contributed by atoms with van der Waals surface area (Å²) >= 11 is 2.01. The SMILES string of the molecule is Cc1nc(-c2ccc(-c3ccccc3)cc2)[nH]c(=O)c1I. The number of aromatic amines is 1. The van der Waals surface area contributed by atoms with Gasteiger partial charge >= 0.3 is 0 Å². The monoisotopic (exact) mass is 388 g/mol. The molecule has 104 valence electrons. The van der Waals surface area contributed by atoms with Crippen LogP contribution in [0.4, 0.5) is 0 Å². The van der Waals surface area contributed by atoms with Crippen LogP contribution < -0.4 is 5.56 Å². The van der Waals surface area contributed by atoms with Crippen molar-refractivity contribution in [2.24, 2.45) is 0 Å². The van der Waals surface area contributed by atoms with Crippen LogP contribution in [0.2, 0.25) is 0 Å². The van der Waals surface area contributed by atoms with E-state index >= 15 is 0 Å². The average Bonchev–Trinajstić information content (AvgIpc) is 2.53. The summed E-state index contributed by atoms with van der Waals surface area (Å²) in [6.07, 6.45) is 0. The second-order valence-electron chi connectivity index (χ2n) is 4.76. The second-order valence-corrected chi connectivity index (χ2v) is 5.84. The lowest BCUT2D eigenvalue weighted by Gasteiger charge is -2.06. The Balaban J connectivity index is 2.00. The van der Waals surface area contributed by atoms with E-state index in [0.717, 1.165) is 16.8 Å². The standard InChI is InChI=1S/C17H13IN2O/c1-11-15(18)17(21)20-16(19-11)14-9-7-13(8-10-14)12-5-3-2-4-6-12/h2-10H,1H3,(H,19,20,21). The van der Waals surface area contributed by atoms with Crippen molar-refractivity contribution in [1.82, 2.24) is 9.97 Å². The van der Waals surface area contributed by atoms with Crippen LogP contribution in [0.15, 0.2) is 59.4 Å². The van der Waals surface area contributed by atoms with Crippen molar-refractivity contribution in [2.45, 2.75) is 6.92 Å². The Morgan fingerprint density at radius 2 is 1.48 bits per heavy atom. The number of nitrogens with zero attached hydrogens (tertiary/aromatic N) is 1. The minimum atomic E-state index is -0.0924. The Hall–Kier alpha value is -1.95. The largest absolute Gasteiger partial charge is 0.306 e. The number of aromatic nitrogens is 2. The van der Waals surface area contributed by atoms with Gasteiger partial charge in [-0.25, -0.2) is 4.98 Å². The Morgan fingerprint density at radius 3 is 2.10 bits per heavy atom. The van der Waals surface area contributed by atoms with Crippen molar-refractivity contribution in [3.8, 4) is 22.5 Å². The zero-order valence-corrected chi connectivity index (χ0v) is 13.6. The van der Waals surface area contributed by atoms with Crippen LogP contribution in [0.5, 0.6) is 0 Å². The van der Waals surface area contributed by atoms with E-state index in [2.05, 4.69) is 22.1 Å². The lowest BCUT2D eigenvalue weighted by molar-refractivity contribution is 1.05. The van der Waals surface area contributed by atoms with Gasteiger partial charge in [-0.2, -0.15) is 0 Å². The normalized spacial score (nSPS) is 10.6. The Morgan fingerprint density at radius 1 is 0.905 bits per heavy atom. The number of aryl methyl sites for hydroxylation is 1. The van der Waals surface area contributed by atoms with Crippen molar-refractivity contribution >= 4 is 22.6 Å². The van der Waals surface area contributed by atoms with E-state index in [0.29, 0.717) is 9.39 Å². The van der Waals surface area contributed by atoms with E-state index in [-0.39, 0.29) is 5.56 Å². The van der Waals surface area contributed by atoms with Crippen LogP contribution in [0.1, 0.15) is 5.69 Å². The first-order valence-corrected chi connectivity index (χ1v) is 7.65. The molecule has 0 unspecified atom stereocenters. The summed E-state index contributed by atoms with van der Waals surface area (Å²) in [5.74, 6) is 0.609. The molecule has 0 aliphatic heterocycles. The summed E-state index contributed by atoms with van der Waals surface area (Å²) in [5, 5.41) is 0. The predicted octanol–water partition coefficient (Wildman–Crippen LogP) is 4.02. The maximum atomic E-state index is 11.8. The van der Waals surface area contributed by atoms with Crippen LogP contribution in [-0.4, -0.2) is 9.97 Å². The van der Waals surface area contributed by atoms with E-state index in [1.807, 2.05) is 72.0 Å². The number of H-pyrrole nitrogens is 1. The van der Waals surface area contributed by atoms with Gasteiger partial charge in [0.05, 0.1) is 9.26 Å². The number of halogens is 1. The average molecular weight is 388 g/mol. The van der Waals surface area contributed by atoms with Crippen LogP contribution >= 0.6 is 22.6 Å². The van der Waals surface area contributed by atoms with Crippen molar-refractivity contribution < 1.29 is 0 Å². The Bertz CT molecular complexity index is 824. The van der Waals surface area contributed by atoms with Gasteiger partial charge in [0, 0.05) is 5.56 Å². The maximum Gasteiger partial charge on any atom is 0.264 e. The molecule has 1 aromatic heterocycles. The predicted molar refractivity (Wildman–Crippen MR) is 93.2 cm³/mol. The van der Waals surface area contributed by atoms with Gasteiger partial charge in [-0.05, 0) is 40.6 Å². The molecule has 2 aromatic carbocycles. The van der Waals surface area contributed by atoms with Gasteiger partial charge in [-0.1, -0.05) is 54.6 Å². The molecule has 0 fully saturated rings. The van der Waals surface area contributed by atoms with E-state index in [9.17, 15) is 4.79 Å². The van der Waals surface area contributed by atoms with Crippen molar-refractivity contribution in [3.05, 3.63) is 74.2 Å². The second kappa shape index (κ2) is 5.81. The molecule has 0 radical (unpaired) electrons. The summed E-state index contributed by atoms with van der Waals surface area (Å²) in [7, 11) is 0. The molecule has 0 atom stereocenters. The number of hydrogen-bond acceptors (Lipinski definition) is 2. The summed E-state index contributed by atoms with van der Waals surface area (Å²) in [5.41, 5.74) is 3.88. The lowest BCUT2D eigenvalue weighted by Crippen LogP contribution is -2.14. The molecular formula is C17H13IN2O. The first kappa shape index (κ1) is 14.0. The molecule has 0 bridgehead atoms. The van der Waals surface area contributed by atoms with E-state index < -0.39 is 0 Å². The molecule has 0 saturated carbocycles. The van der Waals surface area contributed by atoms with Gasteiger partial charge in [0.15, 0.2) is 0 Å². The third-order valence-electron chi connectivity index (χ3n) is 3.29. The zero-order chi connectivity index (χ0) is 14.8. The summed E-state index contributed by atoms with van der Waals surface area (Å²) in [6.45, 7) is 1.85. The highest BCUT2D eigenvalue weighted by Crippen LogP contribution is 2.22. The Kier molecular flexibility index (Phi) is 3.88. The molecule has 1 N–H and O–H groups in total. The van der Waals surface area contributed by atoms with Gasteiger partial charge in [0.25, 0.3) is 5.56 Å². The lowest BCUT2D eigenvalue weighted by atomic mass is 10.0. The van der Waals surface area contributed by atoms with Crippen molar-refractivity contribution in [1.29, 1.82) is 0 Å². The van der Waals surface area contributed by atoms with Crippen molar-refractivity contribution in [2.75, 3.05) is 0 Å². The number of nitrogens with one attached hydrogen (secondary N) is 1. The first-order chi connectivity index (χ1) is 10.1. The maximum absolute atomic E-state index is 11.8. The third kappa shape index (κ3) is 2.90. The zero-order valence-electron chi connectivity index (χ0n) is 11.4.